The zero-order valence-electron chi connectivity index (χ0n) is 17.3. The molecule has 170 valence electrons. The molecule has 0 radical (unpaired) electrons. The molecular formula is C22H22F2N2O4S2. The fourth-order valence-corrected chi connectivity index (χ4v) is 6.76. The van der Waals surface area contributed by atoms with Gasteiger partial charge in [-0.1, -0.05) is 0 Å². The van der Waals surface area contributed by atoms with E-state index in [4.69, 9.17) is 4.42 Å². The highest BCUT2D eigenvalue weighted by atomic mass is 32.2. The van der Waals surface area contributed by atoms with E-state index in [1.165, 1.54) is 32.9 Å². The largest absolute Gasteiger partial charge is 0.467 e. The van der Waals surface area contributed by atoms with Crippen LogP contribution in [0.2, 0.25) is 0 Å². The van der Waals surface area contributed by atoms with Gasteiger partial charge in [0.1, 0.15) is 21.6 Å². The van der Waals surface area contributed by atoms with Gasteiger partial charge in [0.15, 0.2) is 0 Å². The van der Waals surface area contributed by atoms with Crippen LogP contribution in [0.4, 0.5) is 14.5 Å². The number of anilines is 1. The lowest BCUT2D eigenvalue weighted by Crippen LogP contribution is -2.46. The number of nitrogens with zero attached hydrogens (tertiary/aromatic N) is 2. The lowest BCUT2D eigenvalue weighted by Gasteiger charge is -2.34. The lowest BCUT2D eigenvalue weighted by molar-refractivity contribution is -0.123. The molecule has 1 amide bonds. The molecule has 10 heteroatoms. The van der Waals surface area contributed by atoms with Gasteiger partial charge in [0, 0.05) is 24.0 Å². The Bertz CT molecular complexity index is 1210. The smallest absolute Gasteiger partial charge is 0.252 e. The fraction of sp³-hybridized carbons (Fsp3) is 0.318. The van der Waals surface area contributed by atoms with Gasteiger partial charge in [0.2, 0.25) is 5.91 Å². The number of rotatable bonds is 6. The van der Waals surface area contributed by atoms with Crippen molar-refractivity contribution >= 4 is 33.0 Å². The number of hydrogen-bond donors (Lipinski definition) is 0. The zero-order valence-corrected chi connectivity index (χ0v) is 19.0. The lowest BCUT2D eigenvalue weighted by atomic mass is 9.97. The maximum Gasteiger partial charge on any atom is 0.252 e. The normalized spacial score (nSPS) is 17.4. The summed E-state index contributed by atoms with van der Waals surface area (Å²) < 4.78 is 61.0. The van der Waals surface area contributed by atoms with E-state index in [0.29, 0.717) is 31.2 Å². The average molecular weight is 481 g/mol. The number of carbonyl (C=O) groups excluding carboxylic acids is 1. The number of carbonyl (C=O) groups is 1. The Hall–Kier alpha value is -2.56. The molecule has 3 aromatic rings. The number of piperidine rings is 1. The Morgan fingerprint density at radius 3 is 2.72 bits per heavy atom. The molecular weight excluding hydrogens is 458 g/mol. The third-order valence-electron chi connectivity index (χ3n) is 5.40. The first-order valence-corrected chi connectivity index (χ1v) is 12.4. The molecule has 1 aromatic carbocycles. The number of thiophene rings is 1. The van der Waals surface area contributed by atoms with Gasteiger partial charge in [0.25, 0.3) is 10.0 Å². The van der Waals surface area contributed by atoms with Gasteiger partial charge in [-0.3, -0.25) is 4.79 Å². The second-order valence-corrected chi connectivity index (χ2v) is 11.1. The van der Waals surface area contributed by atoms with Crippen molar-refractivity contribution in [2.45, 2.75) is 30.5 Å². The van der Waals surface area contributed by atoms with E-state index in [1.807, 2.05) is 6.92 Å². The Balaban J connectivity index is 1.61. The van der Waals surface area contributed by atoms with E-state index in [2.05, 4.69) is 0 Å². The first kappa shape index (κ1) is 22.6. The molecule has 1 unspecified atom stereocenters. The minimum atomic E-state index is -3.72. The molecule has 0 aliphatic carbocycles. The molecule has 6 nitrogen and oxygen atoms in total. The summed E-state index contributed by atoms with van der Waals surface area (Å²) in [5.74, 6) is -2.30. The third-order valence-corrected chi connectivity index (χ3v) is 8.74. The third kappa shape index (κ3) is 4.62. The molecule has 0 bridgehead atoms. The van der Waals surface area contributed by atoms with Crippen LogP contribution in [0.5, 0.6) is 0 Å². The highest BCUT2D eigenvalue weighted by Crippen LogP contribution is 2.31. The topological polar surface area (TPSA) is 70.8 Å². The van der Waals surface area contributed by atoms with Gasteiger partial charge in [-0.15, -0.1) is 11.3 Å². The molecule has 0 spiro atoms. The first-order valence-electron chi connectivity index (χ1n) is 10.1. The second-order valence-electron chi connectivity index (χ2n) is 7.67. The fourth-order valence-electron chi connectivity index (χ4n) is 3.80. The van der Waals surface area contributed by atoms with Gasteiger partial charge in [-0.2, -0.15) is 4.31 Å². The Kier molecular flexibility index (Phi) is 6.45. The van der Waals surface area contributed by atoms with Gasteiger partial charge < -0.3 is 9.32 Å². The standard InChI is InChI=1S/C22H22F2N2O4S2/c1-15-6-9-21(31-15)32(28,29)25-10-2-4-16(13-25)22(27)26(14-18-5-3-11-30-18)20-8-7-17(23)12-19(20)24/h3,5-9,11-12,16H,2,4,10,13-14H2,1H3. The van der Waals surface area contributed by atoms with E-state index < -0.39 is 33.5 Å². The maximum absolute atomic E-state index is 14.6. The summed E-state index contributed by atoms with van der Waals surface area (Å²) in [5.41, 5.74) is -0.0818. The summed E-state index contributed by atoms with van der Waals surface area (Å²) in [6.07, 6.45) is 2.41. The quantitative estimate of drug-likeness (QED) is 0.519. The summed E-state index contributed by atoms with van der Waals surface area (Å²) in [5, 5.41) is 0. The number of benzene rings is 1. The van der Waals surface area contributed by atoms with Crippen LogP contribution in [0.15, 0.2) is 57.4 Å². The summed E-state index contributed by atoms with van der Waals surface area (Å²) >= 11 is 1.18. The van der Waals surface area contributed by atoms with Crippen molar-refractivity contribution in [3.63, 3.8) is 0 Å². The van der Waals surface area contributed by atoms with Crippen molar-refractivity contribution < 1.29 is 26.4 Å². The molecule has 1 saturated heterocycles. The van der Waals surface area contributed by atoms with E-state index >= 15 is 0 Å². The number of halogens is 2. The number of hydrogen-bond acceptors (Lipinski definition) is 5. The molecule has 1 atom stereocenters. The zero-order chi connectivity index (χ0) is 22.9. The van der Waals surface area contributed by atoms with Crippen LogP contribution in [0.1, 0.15) is 23.5 Å². The SMILES string of the molecule is Cc1ccc(S(=O)(=O)N2CCCC(C(=O)N(Cc3ccco3)c3ccc(F)cc3F)C2)s1. The number of aryl methyl sites for hydroxylation is 1. The van der Waals surface area contributed by atoms with Crippen molar-refractivity contribution in [3.8, 4) is 0 Å². The number of sulfonamides is 1. The van der Waals surface area contributed by atoms with Crippen LogP contribution in [0.25, 0.3) is 0 Å². The van der Waals surface area contributed by atoms with Gasteiger partial charge >= 0.3 is 0 Å². The summed E-state index contributed by atoms with van der Waals surface area (Å²) in [7, 11) is -3.72. The Morgan fingerprint density at radius 1 is 1.25 bits per heavy atom. The van der Waals surface area contributed by atoms with Crippen LogP contribution in [0.3, 0.4) is 0 Å². The van der Waals surface area contributed by atoms with E-state index in [9.17, 15) is 22.0 Å². The van der Waals surface area contributed by atoms with Gasteiger partial charge in [-0.25, -0.2) is 17.2 Å². The van der Waals surface area contributed by atoms with Crippen molar-refractivity contribution in [2.75, 3.05) is 18.0 Å². The maximum atomic E-state index is 14.6. The van der Waals surface area contributed by atoms with Crippen molar-refractivity contribution in [3.05, 3.63) is 71.0 Å². The molecule has 1 fully saturated rings. The van der Waals surface area contributed by atoms with Crippen LogP contribution in [-0.2, 0) is 21.4 Å². The number of amides is 1. The number of furan rings is 1. The highest BCUT2D eigenvalue weighted by Gasteiger charge is 2.36. The predicted octanol–water partition coefficient (Wildman–Crippen LogP) is 4.56. The molecule has 4 rings (SSSR count). The van der Waals surface area contributed by atoms with Crippen LogP contribution >= 0.6 is 11.3 Å². The minimum absolute atomic E-state index is 0.00438. The van der Waals surface area contributed by atoms with Crippen molar-refractivity contribution in [2.24, 2.45) is 5.92 Å². The molecule has 0 saturated carbocycles. The molecule has 3 heterocycles. The molecule has 1 aliphatic rings. The average Bonchev–Trinajstić information content (AvgIpc) is 3.44. The van der Waals surface area contributed by atoms with Crippen molar-refractivity contribution in [1.29, 1.82) is 0 Å². The summed E-state index contributed by atoms with van der Waals surface area (Å²) in [4.78, 5) is 15.6. The molecule has 0 N–H and O–H groups in total. The van der Waals surface area contributed by atoms with E-state index in [1.54, 1.807) is 24.3 Å². The Morgan fingerprint density at radius 2 is 2.06 bits per heavy atom. The molecule has 32 heavy (non-hydrogen) atoms. The van der Waals surface area contributed by atoms with E-state index in [0.717, 1.165) is 10.9 Å². The van der Waals surface area contributed by atoms with Crippen molar-refractivity contribution in [1.82, 2.24) is 4.31 Å². The highest BCUT2D eigenvalue weighted by molar-refractivity contribution is 7.91. The molecule has 2 aromatic heterocycles. The second kappa shape index (κ2) is 9.13. The van der Waals surface area contributed by atoms with Crippen LogP contribution in [-0.4, -0.2) is 31.7 Å². The summed E-state index contributed by atoms with van der Waals surface area (Å²) in [6.45, 7) is 2.08. The van der Waals surface area contributed by atoms with Gasteiger partial charge in [0.05, 0.1) is 24.4 Å². The monoisotopic (exact) mass is 480 g/mol. The minimum Gasteiger partial charge on any atom is -0.467 e. The predicted molar refractivity (Wildman–Crippen MR) is 117 cm³/mol. The molecule has 1 aliphatic heterocycles. The van der Waals surface area contributed by atoms with Crippen LogP contribution in [0, 0.1) is 24.5 Å². The van der Waals surface area contributed by atoms with Crippen LogP contribution < -0.4 is 4.90 Å². The van der Waals surface area contributed by atoms with Gasteiger partial charge in [-0.05, 0) is 56.2 Å². The summed E-state index contributed by atoms with van der Waals surface area (Å²) in [6, 6.07) is 9.61. The first-order chi connectivity index (χ1) is 15.3. The Labute approximate surface area is 189 Å². The van der Waals surface area contributed by atoms with E-state index in [-0.39, 0.29) is 23.0 Å².